The minimum absolute atomic E-state index is 0.189. The van der Waals surface area contributed by atoms with Crippen molar-refractivity contribution >= 4 is 11.6 Å². The molecule has 16 heavy (non-hydrogen) atoms. The number of hydrogen-bond donors (Lipinski definition) is 2. The number of aromatic nitrogens is 1. The molecule has 0 saturated heterocycles. The summed E-state index contributed by atoms with van der Waals surface area (Å²) >= 11 is 0. The Labute approximate surface area is 93.3 Å². The molecule has 1 aromatic carbocycles. The highest BCUT2D eigenvalue weighted by Crippen LogP contribution is 2.06. The van der Waals surface area contributed by atoms with Crippen molar-refractivity contribution in [2.75, 3.05) is 11.2 Å². The number of rotatable bonds is 2. The average Bonchev–Trinajstić information content (AvgIpc) is 2.30. The van der Waals surface area contributed by atoms with Crippen molar-refractivity contribution < 1.29 is 9.47 Å². The summed E-state index contributed by atoms with van der Waals surface area (Å²) in [4.78, 5) is 11.8. The molecule has 2 rings (SSSR count). The van der Waals surface area contributed by atoms with Gasteiger partial charge in [-0.2, -0.15) is 0 Å². The SMILES string of the molecule is N[n+]1cccc(C(=O)Nc2cc[c]cc2)c1. The Balaban J connectivity index is 2.15. The maximum Gasteiger partial charge on any atom is 0.261 e. The maximum absolute atomic E-state index is 11.8. The smallest absolute Gasteiger partial charge is 0.261 e. The third kappa shape index (κ3) is 2.36. The van der Waals surface area contributed by atoms with E-state index < -0.39 is 0 Å². The van der Waals surface area contributed by atoms with E-state index in [1.807, 2.05) is 0 Å². The van der Waals surface area contributed by atoms with Gasteiger partial charge in [0, 0.05) is 11.8 Å². The summed E-state index contributed by atoms with van der Waals surface area (Å²) in [5, 5.41) is 2.76. The number of anilines is 1. The Kier molecular flexibility index (Phi) is 2.82. The second-order valence-corrected chi connectivity index (χ2v) is 3.28. The normalized spacial score (nSPS) is 9.75. The molecule has 1 radical (unpaired) electrons. The quantitative estimate of drug-likeness (QED) is 0.571. The van der Waals surface area contributed by atoms with Crippen molar-refractivity contribution in [1.29, 1.82) is 0 Å². The van der Waals surface area contributed by atoms with Gasteiger partial charge >= 0.3 is 0 Å². The molecule has 0 spiro atoms. The molecule has 1 amide bonds. The Morgan fingerprint density at radius 3 is 2.75 bits per heavy atom. The van der Waals surface area contributed by atoms with Gasteiger partial charge in [-0.3, -0.25) is 4.79 Å². The van der Waals surface area contributed by atoms with Crippen LogP contribution in [0.3, 0.4) is 0 Å². The number of carbonyl (C=O) groups excluding carboxylic acids is 1. The van der Waals surface area contributed by atoms with Gasteiger partial charge in [0.1, 0.15) is 5.56 Å². The second-order valence-electron chi connectivity index (χ2n) is 3.28. The van der Waals surface area contributed by atoms with E-state index >= 15 is 0 Å². The van der Waals surface area contributed by atoms with Crippen LogP contribution in [0.2, 0.25) is 0 Å². The van der Waals surface area contributed by atoms with Gasteiger partial charge in [-0.1, -0.05) is 16.8 Å². The van der Waals surface area contributed by atoms with E-state index in [0.29, 0.717) is 5.56 Å². The number of nitrogens with zero attached hydrogens (tertiary/aromatic N) is 1. The van der Waals surface area contributed by atoms with Gasteiger partial charge in [-0.05, 0) is 24.3 Å². The van der Waals surface area contributed by atoms with Gasteiger partial charge in [0.05, 0.1) is 0 Å². The van der Waals surface area contributed by atoms with Crippen LogP contribution < -0.4 is 15.8 Å². The number of nitrogens with one attached hydrogen (secondary N) is 1. The second kappa shape index (κ2) is 4.44. The van der Waals surface area contributed by atoms with Gasteiger partial charge in [-0.25, -0.2) is 5.84 Å². The number of benzene rings is 1. The van der Waals surface area contributed by atoms with E-state index in [1.165, 1.54) is 4.68 Å². The first-order chi connectivity index (χ1) is 7.75. The molecule has 79 valence electrons. The standard InChI is InChI=1S/C12H10N3O/c13-15-8-4-5-10(9-15)12(16)14-11-6-2-1-3-7-11/h2-9H,13H2/p+1. The van der Waals surface area contributed by atoms with E-state index in [0.717, 1.165) is 5.69 Å². The van der Waals surface area contributed by atoms with Crippen LogP contribution in [0.1, 0.15) is 10.4 Å². The summed E-state index contributed by atoms with van der Waals surface area (Å²) in [5.74, 6) is 5.33. The Morgan fingerprint density at radius 2 is 2.06 bits per heavy atom. The van der Waals surface area contributed by atoms with Crippen molar-refractivity contribution in [3.8, 4) is 0 Å². The van der Waals surface area contributed by atoms with Crippen LogP contribution in [0, 0.1) is 6.07 Å². The summed E-state index contributed by atoms with van der Waals surface area (Å²) in [6.07, 6.45) is 3.22. The molecule has 0 saturated carbocycles. The molecule has 0 aliphatic heterocycles. The van der Waals surface area contributed by atoms with Crippen molar-refractivity contribution in [3.05, 3.63) is 60.4 Å². The topological polar surface area (TPSA) is 59.0 Å². The highest BCUT2D eigenvalue weighted by Gasteiger charge is 2.09. The van der Waals surface area contributed by atoms with Crippen LogP contribution in [0.25, 0.3) is 0 Å². The van der Waals surface area contributed by atoms with Crippen molar-refractivity contribution in [3.63, 3.8) is 0 Å². The summed E-state index contributed by atoms with van der Waals surface area (Å²) in [7, 11) is 0. The number of nitrogen functional groups attached to an aromatic ring is 1. The van der Waals surface area contributed by atoms with E-state index in [-0.39, 0.29) is 5.91 Å². The minimum Gasteiger partial charge on any atom is -0.322 e. The highest BCUT2D eigenvalue weighted by atomic mass is 16.1. The Hall–Kier alpha value is -2.36. The van der Waals surface area contributed by atoms with Crippen molar-refractivity contribution in [1.82, 2.24) is 0 Å². The minimum atomic E-state index is -0.189. The molecule has 0 atom stereocenters. The lowest BCUT2D eigenvalue weighted by molar-refractivity contribution is -0.639. The third-order valence-corrected chi connectivity index (χ3v) is 2.06. The van der Waals surface area contributed by atoms with Crippen LogP contribution in [0.4, 0.5) is 5.69 Å². The first-order valence-electron chi connectivity index (χ1n) is 4.79. The fourth-order valence-electron chi connectivity index (χ4n) is 1.30. The molecule has 4 nitrogen and oxygen atoms in total. The molecule has 0 aliphatic rings. The van der Waals surface area contributed by atoms with E-state index in [2.05, 4.69) is 11.4 Å². The molecular formula is C12H11N3O+. The number of nitrogens with two attached hydrogens (primary N) is 1. The summed E-state index contributed by atoms with van der Waals surface area (Å²) < 4.78 is 1.34. The average molecular weight is 213 g/mol. The summed E-state index contributed by atoms with van der Waals surface area (Å²) in [6.45, 7) is 0. The molecular weight excluding hydrogens is 202 g/mol. The zero-order valence-corrected chi connectivity index (χ0v) is 8.55. The molecule has 1 aromatic heterocycles. The zero-order chi connectivity index (χ0) is 11.4. The third-order valence-electron chi connectivity index (χ3n) is 2.06. The molecule has 4 heteroatoms. The van der Waals surface area contributed by atoms with Crippen LogP contribution in [0.5, 0.6) is 0 Å². The monoisotopic (exact) mass is 213 g/mol. The van der Waals surface area contributed by atoms with E-state index in [1.54, 1.807) is 48.8 Å². The number of hydrogen-bond acceptors (Lipinski definition) is 2. The molecule has 2 aromatic rings. The Morgan fingerprint density at radius 1 is 1.31 bits per heavy atom. The number of amides is 1. The fourth-order valence-corrected chi connectivity index (χ4v) is 1.30. The van der Waals surface area contributed by atoms with Crippen molar-refractivity contribution in [2.45, 2.75) is 0 Å². The van der Waals surface area contributed by atoms with Crippen LogP contribution in [-0.2, 0) is 0 Å². The van der Waals surface area contributed by atoms with Gasteiger partial charge in [0.15, 0.2) is 6.20 Å². The van der Waals surface area contributed by atoms with E-state index in [9.17, 15) is 4.79 Å². The molecule has 0 unspecified atom stereocenters. The Bertz CT molecular complexity index is 497. The van der Waals surface area contributed by atoms with Crippen molar-refractivity contribution in [2.24, 2.45) is 0 Å². The predicted octanol–water partition coefficient (Wildman–Crippen LogP) is 0.740. The first kappa shape index (κ1) is 10.2. The lowest BCUT2D eigenvalue weighted by Gasteiger charge is -2.02. The molecule has 3 N–H and O–H groups in total. The fraction of sp³-hybridized carbons (Fsp3) is 0. The van der Waals surface area contributed by atoms with Crippen LogP contribution in [0.15, 0.2) is 48.8 Å². The molecule has 0 aliphatic carbocycles. The predicted molar refractivity (Wildman–Crippen MR) is 60.0 cm³/mol. The van der Waals surface area contributed by atoms with Gasteiger partial charge in [0.25, 0.3) is 5.91 Å². The maximum atomic E-state index is 11.8. The van der Waals surface area contributed by atoms with Gasteiger partial charge in [-0.15, -0.1) is 0 Å². The first-order valence-corrected chi connectivity index (χ1v) is 4.79. The molecule has 0 fully saturated rings. The lowest BCUT2D eigenvalue weighted by atomic mass is 10.2. The molecule has 0 bridgehead atoms. The zero-order valence-electron chi connectivity index (χ0n) is 8.55. The largest absolute Gasteiger partial charge is 0.322 e. The summed E-state index contributed by atoms with van der Waals surface area (Å²) in [5.41, 5.74) is 1.24. The van der Waals surface area contributed by atoms with Crippen LogP contribution in [-0.4, -0.2) is 5.91 Å². The molecule has 1 heterocycles. The summed E-state index contributed by atoms with van der Waals surface area (Å²) in [6, 6.07) is 13.3. The number of pyridine rings is 1. The van der Waals surface area contributed by atoms with Gasteiger partial charge < -0.3 is 5.32 Å². The lowest BCUT2D eigenvalue weighted by Crippen LogP contribution is -2.44. The highest BCUT2D eigenvalue weighted by molar-refractivity contribution is 6.03. The van der Waals surface area contributed by atoms with E-state index in [4.69, 9.17) is 5.84 Å². The van der Waals surface area contributed by atoms with Crippen LogP contribution >= 0.6 is 0 Å². The van der Waals surface area contributed by atoms with Gasteiger partial charge in [0.2, 0.25) is 6.20 Å². The number of carbonyl (C=O) groups is 1.